The van der Waals surface area contributed by atoms with Crippen LogP contribution in [0.4, 0.5) is 0 Å². The molecule has 2 atom stereocenters. The zero-order valence-electron chi connectivity index (χ0n) is 14.5. The summed E-state index contributed by atoms with van der Waals surface area (Å²) in [5, 5.41) is 10.3. The quantitative estimate of drug-likeness (QED) is 0.338. The third-order valence-corrected chi connectivity index (χ3v) is 8.91. The van der Waals surface area contributed by atoms with Crippen molar-refractivity contribution in [3.05, 3.63) is 12.7 Å². The first kappa shape index (κ1) is 19.9. The van der Waals surface area contributed by atoms with Crippen LogP contribution in [0.15, 0.2) is 12.7 Å². The molecule has 0 bridgehead atoms. The highest BCUT2D eigenvalue weighted by molar-refractivity contribution is 6.74. The summed E-state index contributed by atoms with van der Waals surface area (Å²) in [6, 6.07) is 0. The van der Waals surface area contributed by atoms with Gasteiger partial charge in [0.2, 0.25) is 0 Å². The van der Waals surface area contributed by atoms with Crippen LogP contribution < -0.4 is 0 Å². The molecule has 0 aliphatic rings. The third kappa shape index (κ3) is 7.60. The average molecular weight is 301 g/mol. The van der Waals surface area contributed by atoms with Crippen molar-refractivity contribution in [2.45, 2.75) is 96.6 Å². The second kappa shape index (κ2) is 9.01. The Morgan fingerprint density at radius 2 is 1.85 bits per heavy atom. The largest absolute Gasteiger partial charge is 0.414 e. The van der Waals surface area contributed by atoms with Crippen LogP contribution in [0.25, 0.3) is 0 Å². The van der Waals surface area contributed by atoms with Gasteiger partial charge in [0, 0.05) is 6.10 Å². The van der Waals surface area contributed by atoms with Gasteiger partial charge in [0.15, 0.2) is 8.32 Å². The number of hydrogen-bond acceptors (Lipinski definition) is 2. The smallest absolute Gasteiger partial charge is 0.192 e. The molecule has 0 amide bonds. The van der Waals surface area contributed by atoms with Crippen LogP contribution in [0, 0.1) is 0 Å². The second-order valence-electron chi connectivity index (χ2n) is 7.41. The first-order valence-corrected chi connectivity index (χ1v) is 11.0. The fourth-order valence-corrected chi connectivity index (χ4v) is 3.43. The maximum Gasteiger partial charge on any atom is 0.192 e. The molecule has 0 radical (unpaired) electrons. The Balaban J connectivity index is 4.62. The van der Waals surface area contributed by atoms with Crippen LogP contribution in [0.3, 0.4) is 0 Å². The Morgan fingerprint density at radius 3 is 2.30 bits per heavy atom. The Kier molecular flexibility index (Phi) is 8.95. The van der Waals surface area contributed by atoms with E-state index in [4.69, 9.17) is 4.43 Å². The third-order valence-electron chi connectivity index (χ3n) is 4.37. The number of aliphatic hydroxyl groups is 1. The minimum atomic E-state index is -1.75. The molecular weight excluding hydrogens is 264 g/mol. The molecule has 3 heteroatoms. The highest BCUT2D eigenvalue weighted by atomic mass is 28.4. The molecule has 0 saturated heterocycles. The topological polar surface area (TPSA) is 29.5 Å². The van der Waals surface area contributed by atoms with Crippen molar-refractivity contribution < 1.29 is 9.53 Å². The Labute approximate surface area is 127 Å². The first-order chi connectivity index (χ1) is 9.14. The van der Waals surface area contributed by atoms with Crippen LogP contribution in [0.2, 0.25) is 18.1 Å². The molecule has 0 aromatic rings. The van der Waals surface area contributed by atoms with Crippen molar-refractivity contribution >= 4 is 8.32 Å². The Morgan fingerprint density at radius 1 is 1.25 bits per heavy atom. The lowest BCUT2D eigenvalue weighted by Crippen LogP contribution is -2.44. The van der Waals surface area contributed by atoms with Crippen molar-refractivity contribution in [3.8, 4) is 0 Å². The van der Waals surface area contributed by atoms with Crippen LogP contribution in [0.1, 0.15) is 66.2 Å². The maximum atomic E-state index is 10.0. The molecule has 2 nitrogen and oxygen atoms in total. The molecule has 1 N–H and O–H groups in total. The van der Waals surface area contributed by atoms with E-state index in [0.717, 1.165) is 12.8 Å². The molecule has 0 fully saturated rings. The van der Waals surface area contributed by atoms with Crippen molar-refractivity contribution in [2.75, 3.05) is 0 Å². The number of hydrogen-bond donors (Lipinski definition) is 1. The van der Waals surface area contributed by atoms with Gasteiger partial charge < -0.3 is 9.53 Å². The minimum Gasteiger partial charge on any atom is -0.414 e. The van der Waals surface area contributed by atoms with Gasteiger partial charge in [0.25, 0.3) is 0 Å². The van der Waals surface area contributed by atoms with E-state index in [0.29, 0.717) is 6.42 Å². The summed E-state index contributed by atoms with van der Waals surface area (Å²) in [7, 11) is -1.75. The van der Waals surface area contributed by atoms with Crippen molar-refractivity contribution in [1.82, 2.24) is 0 Å². The Hall–Kier alpha value is -0.123. The van der Waals surface area contributed by atoms with E-state index in [9.17, 15) is 5.11 Å². The molecule has 0 saturated carbocycles. The number of unbranched alkanes of at least 4 members (excludes halogenated alkanes) is 2. The van der Waals surface area contributed by atoms with Gasteiger partial charge >= 0.3 is 0 Å². The average Bonchev–Trinajstić information content (AvgIpc) is 2.27. The van der Waals surface area contributed by atoms with E-state index in [1.54, 1.807) is 6.08 Å². The van der Waals surface area contributed by atoms with E-state index in [2.05, 4.69) is 47.4 Å². The SMILES string of the molecule is C=CC[C@H](O)C[C@@H](CCCCC)O[Si](C)(C)C(C)(C)C. The molecule has 0 rings (SSSR count). The highest BCUT2D eigenvalue weighted by Gasteiger charge is 2.39. The lowest BCUT2D eigenvalue weighted by atomic mass is 10.0. The van der Waals surface area contributed by atoms with Gasteiger partial charge in [0.05, 0.1) is 6.10 Å². The van der Waals surface area contributed by atoms with E-state index in [-0.39, 0.29) is 17.2 Å². The van der Waals surface area contributed by atoms with Gasteiger partial charge in [-0.1, -0.05) is 53.0 Å². The van der Waals surface area contributed by atoms with Crippen LogP contribution in [-0.2, 0) is 4.43 Å². The number of aliphatic hydroxyl groups excluding tert-OH is 1. The summed E-state index contributed by atoms with van der Waals surface area (Å²) in [5.41, 5.74) is 0. The van der Waals surface area contributed by atoms with E-state index in [1.165, 1.54) is 19.3 Å². The van der Waals surface area contributed by atoms with Gasteiger partial charge in [-0.2, -0.15) is 0 Å². The molecule has 0 aromatic carbocycles. The summed E-state index contributed by atoms with van der Waals surface area (Å²) in [4.78, 5) is 0. The molecular formula is C17H36O2Si. The van der Waals surface area contributed by atoms with E-state index < -0.39 is 8.32 Å². The first-order valence-electron chi connectivity index (χ1n) is 8.10. The fraction of sp³-hybridized carbons (Fsp3) is 0.882. The van der Waals surface area contributed by atoms with Gasteiger partial charge in [-0.25, -0.2) is 0 Å². The summed E-state index contributed by atoms with van der Waals surface area (Å²) < 4.78 is 6.51. The predicted molar refractivity (Wildman–Crippen MR) is 91.6 cm³/mol. The summed E-state index contributed by atoms with van der Waals surface area (Å²) >= 11 is 0. The monoisotopic (exact) mass is 300 g/mol. The zero-order chi connectivity index (χ0) is 15.8. The summed E-state index contributed by atoms with van der Waals surface area (Å²) in [6.45, 7) is 17.3. The lowest BCUT2D eigenvalue weighted by molar-refractivity contribution is 0.0816. The van der Waals surface area contributed by atoms with Crippen LogP contribution >= 0.6 is 0 Å². The summed E-state index contributed by atoms with van der Waals surface area (Å²) in [6.07, 6.45) is 7.79. The predicted octanol–water partition coefficient (Wildman–Crippen LogP) is 5.28. The molecule has 0 aliphatic heterocycles. The normalized spacial score (nSPS) is 15.9. The zero-order valence-corrected chi connectivity index (χ0v) is 15.5. The molecule has 120 valence electrons. The molecule has 20 heavy (non-hydrogen) atoms. The Bertz CT molecular complexity index is 269. The fourth-order valence-electron chi connectivity index (χ4n) is 2.03. The van der Waals surface area contributed by atoms with E-state index >= 15 is 0 Å². The summed E-state index contributed by atoms with van der Waals surface area (Å²) in [5.74, 6) is 0. The highest BCUT2D eigenvalue weighted by Crippen LogP contribution is 2.38. The van der Waals surface area contributed by atoms with Crippen LogP contribution in [-0.4, -0.2) is 25.6 Å². The van der Waals surface area contributed by atoms with Gasteiger partial charge in [-0.3, -0.25) is 0 Å². The molecule has 0 spiro atoms. The van der Waals surface area contributed by atoms with Crippen molar-refractivity contribution in [3.63, 3.8) is 0 Å². The molecule has 0 heterocycles. The van der Waals surface area contributed by atoms with Crippen molar-refractivity contribution in [2.24, 2.45) is 0 Å². The second-order valence-corrected chi connectivity index (χ2v) is 12.2. The molecule has 0 aliphatic carbocycles. The van der Waals surface area contributed by atoms with Gasteiger partial charge in [-0.05, 0) is 37.4 Å². The standard InChI is InChI=1S/C17H36O2Si/c1-8-10-11-13-16(14-15(18)12-9-2)19-20(6,7)17(3,4)5/h9,15-16,18H,2,8,10-14H2,1,3-7H3/t15-,16+/m0/s1. The van der Waals surface area contributed by atoms with Crippen molar-refractivity contribution in [1.29, 1.82) is 0 Å². The lowest BCUT2D eigenvalue weighted by Gasteiger charge is -2.40. The van der Waals surface area contributed by atoms with Gasteiger partial charge in [-0.15, -0.1) is 6.58 Å². The van der Waals surface area contributed by atoms with Gasteiger partial charge in [0.1, 0.15) is 0 Å². The minimum absolute atomic E-state index is 0.192. The van der Waals surface area contributed by atoms with Crippen LogP contribution in [0.5, 0.6) is 0 Å². The number of rotatable bonds is 10. The maximum absolute atomic E-state index is 10.0. The van der Waals surface area contributed by atoms with E-state index in [1.807, 2.05) is 0 Å². The molecule has 0 unspecified atom stereocenters. The molecule has 0 aromatic heterocycles.